The zero-order chi connectivity index (χ0) is 9.33. The Bertz CT molecular complexity index is 143. The summed E-state index contributed by atoms with van der Waals surface area (Å²) in [6.07, 6.45) is 3.33. The summed E-state index contributed by atoms with van der Waals surface area (Å²) < 4.78 is 31.6. The summed E-state index contributed by atoms with van der Waals surface area (Å²) >= 11 is 0. The van der Waals surface area contributed by atoms with Crippen molar-refractivity contribution < 1.29 is 22.6 Å². The molecular weight excluding hydrogens is 195 g/mol. The second-order valence-electron chi connectivity index (χ2n) is 1.88. The van der Waals surface area contributed by atoms with Gasteiger partial charge in [0.1, 0.15) is 0 Å². The van der Waals surface area contributed by atoms with E-state index in [9.17, 15) is 0 Å². The van der Waals surface area contributed by atoms with Crippen molar-refractivity contribution in [3.05, 3.63) is 0 Å². The van der Waals surface area contributed by atoms with Crippen LogP contribution in [0.3, 0.4) is 0 Å². The van der Waals surface area contributed by atoms with Gasteiger partial charge >= 0.3 is 40.0 Å². The number of unbranched alkanes of at least 4 members (excludes halogenated alkanes) is 2. The fourth-order valence-corrected chi connectivity index (χ4v) is 0.362. The third-order valence-electron chi connectivity index (χ3n) is 0.762. The van der Waals surface area contributed by atoms with Crippen molar-refractivity contribution in [2.45, 2.75) is 26.2 Å². The molecule has 0 aromatic heterocycles. The predicted molar refractivity (Wildman–Crippen MR) is 47.9 cm³/mol. The topological polar surface area (TPSA) is 94.8 Å². The summed E-state index contributed by atoms with van der Waals surface area (Å²) in [4.78, 5) is 0. The molecule has 12 heavy (non-hydrogen) atoms. The molecule has 0 saturated carbocycles. The van der Waals surface area contributed by atoms with Crippen LogP contribution in [-0.4, -0.2) is 58.8 Å². The summed E-state index contributed by atoms with van der Waals surface area (Å²) in [6, 6.07) is 0. The Hall–Kier alpha value is 0.830. The molecule has 0 aromatic rings. The van der Waals surface area contributed by atoms with Gasteiger partial charge in [0.25, 0.3) is 0 Å². The summed E-state index contributed by atoms with van der Waals surface area (Å²) in [5.74, 6) is 0. The molecule has 3 N–H and O–H groups in total. The zero-order valence-corrected chi connectivity index (χ0v) is 7.21. The molecule has 5 nitrogen and oxygen atoms in total. The molecule has 0 aliphatic rings. The first-order valence-electron chi connectivity index (χ1n) is 3.22. The van der Waals surface area contributed by atoms with Crippen molar-refractivity contribution in [1.82, 2.24) is 0 Å². The minimum absolute atomic E-state index is 0. The third-order valence-corrected chi connectivity index (χ3v) is 0.762. The van der Waals surface area contributed by atoms with Crippen molar-refractivity contribution in [1.29, 1.82) is 0 Å². The summed E-state index contributed by atoms with van der Waals surface area (Å²) in [6.45, 7) is 2.48. The quantitative estimate of drug-likeness (QED) is 0.342. The van der Waals surface area contributed by atoms with Crippen molar-refractivity contribution in [2.24, 2.45) is 0 Å². The fourth-order valence-electron chi connectivity index (χ4n) is 0.362. The van der Waals surface area contributed by atoms with Gasteiger partial charge in [-0.2, -0.15) is 8.42 Å². The second kappa shape index (κ2) is 11.8. The van der Waals surface area contributed by atoms with Crippen LogP contribution in [0.4, 0.5) is 0 Å². The Balaban J connectivity index is -0.000000126. The first-order valence-corrected chi connectivity index (χ1v) is 4.62. The molecule has 0 spiro atoms. The Labute approximate surface area is 95.0 Å². The fraction of sp³-hybridized carbons (Fsp3) is 1.00. The average molecular weight is 210 g/mol. The monoisotopic (exact) mass is 210 g/mol. The molecule has 7 heteroatoms. The van der Waals surface area contributed by atoms with E-state index in [0.717, 1.165) is 12.8 Å². The van der Waals surface area contributed by atoms with Gasteiger partial charge in [-0.1, -0.05) is 19.8 Å². The second-order valence-corrected chi connectivity index (χ2v) is 2.77. The normalized spacial score (nSPS) is 9.33. The van der Waals surface area contributed by atoms with E-state index in [1.807, 2.05) is 0 Å². The molecule has 0 bridgehead atoms. The molecule has 0 aliphatic heterocycles. The van der Waals surface area contributed by atoms with Gasteiger partial charge in [-0.3, -0.25) is 9.11 Å². The van der Waals surface area contributed by atoms with Gasteiger partial charge in [0.15, 0.2) is 0 Å². The summed E-state index contributed by atoms with van der Waals surface area (Å²) in [5.41, 5.74) is 0. The molecule has 0 fully saturated rings. The zero-order valence-electron chi connectivity index (χ0n) is 6.39. The molecule has 0 aromatic carbocycles. The molecule has 0 rings (SSSR count). The van der Waals surface area contributed by atoms with Crippen molar-refractivity contribution in [3.8, 4) is 0 Å². The van der Waals surface area contributed by atoms with E-state index in [4.69, 9.17) is 22.6 Å². The number of aliphatic hydroxyl groups excluding tert-OH is 1. The van der Waals surface area contributed by atoms with Crippen LogP contribution in [0.25, 0.3) is 0 Å². The maximum atomic E-state index is 8.74. The Morgan fingerprint density at radius 1 is 1.17 bits per heavy atom. The van der Waals surface area contributed by atoms with Crippen LogP contribution in [-0.2, 0) is 10.4 Å². The van der Waals surface area contributed by atoms with Crippen molar-refractivity contribution in [3.63, 3.8) is 0 Å². The van der Waals surface area contributed by atoms with Crippen LogP contribution in [0.15, 0.2) is 0 Å². The Morgan fingerprint density at radius 3 is 1.58 bits per heavy atom. The standard InChI is InChI=1S/C5H12O.Na.H2O4S.H/c1-2-3-4-5-6;;1-5(2,3)4;/h6H,2-5H2,1H3;;(H2,1,2,3,4);. The molecule has 0 radical (unpaired) electrons. The maximum absolute atomic E-state index is 8.74. The molecule has 72 valence electrons. The Kier molecular flexibility index (Phi) is 18.3. The minimum atomic E-state index is -4.67. The van der Waals surface area contributed by atoms with Gasteiger partial charge in [-0.05, 0) is 6.42 Å². The van der Waals surface area contributed by atoms with E-state index in [-0.39, 0.29) is 29.6 Å². The van der Waals surface area contributed by atoms with Crippen LogP contribution in [0.2, 0.25) is 0 Å². The van der Waals surface area contributed by atoms with Gasteiger partial charge < -0.3 is 5.11 Å². The Morgan fingerprint density at radius 2 is 1.50 bits per heavy atom. The first-order chi connectivity index (χ1) is 4.91. The van der Waals surface area contributed by atoms with Gasteiger partial charge in [-0.15, -0.1) is 0 Å². The number of hydrogen-bond donors (Lipinski definition) is 3. The number of rotatable bonds is 3. The molecule has 0 saturated heterocycles. The van der Waals surface area contributed by atoms with Gasteiger partial charge in [0.05, 0.1) is 0 Å². The van der Waals surface area contributed by atoms with Crippen LogP contribution in [0.5, 0.6) is 0 Å². The van der Waals surface area contributed by atoms with E-state index in [1.54, 1.807) is 0 Å². The number of hydrogen-bond acceptors (Lipinski definition) is 3. The van der Waals surface area contributed by atoms with Gasteiger partial charge in [-0.25, -0.2) is 0 Å². The van der Waals surface area contributed by atoms with Gasteiger partial charge in [0.2, 0.25) is 0 Å². The SMILES string of the molecule is CCCCCO.O=S(=O)(O)O.[NaH]. The molecular formula is C5H15NaO5S. The van der Waals surface area contributed by atoms with Crippen molar-refractivity contribution in [2.75, 3.05) is 6.61 Å². The van der Waals surface area contributed by atoms with Gasteiger partial charge in [0, 0.05) is 6.61 Å². The first kappa shape index (κ1) is 18.6. The molecule has 0 aliphatic carbocycles. The van der Waals surface area contributed by atoms with E-state index >= 15 is 0 Å². The van der Waals surface area contributed by atoms with Crippen LogP contribution < -0.4 is 0 Å². The van der Waals surface area contributed by atoms with Crippen LogP contribution in [0.1, 0.15) is 26.2 Å². The average Bonchev–Trinajstić information content (AvgIpc) is 1.79. The van der Waals surface area contributed by atoms with Crippen LogP contribution in [0, 0.1) is 0 Å². The molecule has 0 amide bonds. The van der Waals surface area contributed by atoms with E-state index in [2.05, 4.69) is 6.92 Å². The molecule has 0 heterocycles. The van der Waals surface area contributed by atoms with Crippen molar-refractivity contribution >= 4 is 40.0 Å². The predicted octanol–water partition coefficient (Wildman–Crippen LogP) is -0.132. The third kappa shape index (κ3) is 71.3. The van der Waals surface area contributed by atoms with E-state index < -0.39 is 10.4 Å². The molecule has 0 unspecified atom stereocenters. The van der Waals surface area contributed by atoms with E-state index in [1.165, 1.54) is 6.42 Å². The van der Waals surface area contributed by atoms with E-state index in [0.29, 0.717) is 6.61 Å². The number of aliphatic hydroxyl groups is 1. The summed E-state index contributed by atoms with van der Waals surface area (Å²) in [7, 11) is -4.67. The summed E-state index contributed by atoms with van der Waals surface area (Å²) in [5, 5.41) is 8.20. The van der Waals surface area contributed by atoms with Crippen LogP contribution >= 0.6 is 0 Å². The molecule has 0 atom stereocenters.